The molecule has 3 rings (SSSR count). The van der Waals surface area contributed by atoms with Crippen molar-refractivity contribution in [3.8, 4) is 28.1 Å². The number of nitrogens with zero attached hydrogens (tertiary/aromatic N) is 1. The number of ether oxygens (including phenoxy) is 1. The fraction of sp³-hybridized carbons (Fsp3) is 0.304. The lowest BCUT2D eigenvalue weighted by Gasteiger charge is -2.27. The number of rotatable bonds is 10. The number of carbonyl (C=O) groups is 1. The highest BCUT2D eigenvalue weighted by atomic mass is 32.1. The highest BCUT2D eigenvalue weighted by Gasteiger charge is 2.30. The van der Waals surface area contributed by atoms with Crippen LogP contribution in [-0.2, 0) is 22.4 Å². The van der Waals surface area contributed by atoms with E-state index in [0.29, 0.717) is 11.3 Å². The molecule has 1 atom stereocenters. The molecule has 1 heterocycles. The topological polar surface area (TPSA) is 231 Å². The maximum absolute atomic E-state index is 12.2. The van der Waals surface area contributed by atoms with Crippen LogP contribution in [0, 0.1) is 6.92 Å². The molecule has 0 saturated heterocycles. The number of aliphatic hydroxyl groups is 2. The Morgan fingerprint density at radius 1 is 1.08 bits per heavy atom. The number of nitrogen functional groups attached to an aromatic ring is 1. The van der Waals surface area contributed by atoms with Crippen LogP contribution in [0.1, 0.15) is 28.5 Å². The van der Waals surface area contributed by atoms with E-state index >= 15 is 0 Å². The average Bonchev–Trinajstić information content (AvgIpc) is 3.15. The molecule has 1 aromatic heterocycles. The Bertz CT molecular complexity index is 1250. The average molecular weight is 537 g/mol. The lowest BCUT2D eigenvalue weighted by molar-refractivity contribution is -0.187. The third-order valence-electron chi connectivity index (χ3n) is 5.57. The minimum atomic E-state index is -2.42. The number of hydrogen-bond acceptors (Lipinski definition) is 13. The Morgan fingerprint density at radius 2 is 1.70 bits per heavy atom. The summed E-state index contributed by atoms with van der Waals surface area (Å²) in [6.07, 6.45) is -1.49. The van der Waals surface area contributed by atoms with Gasteiger partial charge in [0.15, 0.2) is 21.7 Å². The summed E-state index contributed by atoms with van der Waals surface area (Å²) >= 11 is 0.870. The highest BCUT2D eigenvalue weighted by molar-refractivity contribution is 7.17. The predicted octanol–water partition coefficient (Wildman–Crippen LogP) is 0.901. The van der Waals surface area contributed by atoms with Crippen LogP contribution in [-0.4, -0.2) is 66.2 Å². The summed E-state index contributed by atoms with van der Waals surface area (Å²) in [6.45, 7) is 1.12. The van der Waals surface area contributed by atoms with Gasteiger partial charge in [-0.2, -0.15) is 0 Å². The lowest BCUT2D eigenvalue weighted by Crippen LogP contribution is -2.48. The second-order valence-electron chi connectivity index (χ2n) is 8.26. The van der Waals surface area contributed by atoms with Crippen LogP contribution >= 0.6 is 11.3 Å². The molecule has 200 valence electrons. The molecule has 11 N–H and O–H groups in total. The first kappa shape index (κ1) is 27.8. The summed E-state index contributed by atoms with van der Waals surface area (Å²) in [6, 6.07) is 6.24. The number of carbonyl (C=O) groups excluding carboxylic acids is 1. The molecule has 1 amide bonds. The normalized spacial score (nSPS) is 12.4. The number of aromatic nitrogens is 1. The molecule has 3 aromatic rings. The largest absolute Gasteiger partial charge is 0.504 e. The quantitative estimate of drug-likeness (QED) is 0.0989. The molecular weight excluding hydrogens is 508 g/mol. The van der Waals surface area contributed by atoms with Crippen LogP contribution in [0.2, 0.25) is 0 Å². The molecule has 0 aliphatic rings. The van der Waals surface area contributed by atoms with Crippen molar-refractivity contribution in [2.75, 3.05) is 24.7 Å². The summed E-state index contributed by atoms with van der Waals surface area (Å²) in [5.74, 6) is -6.02. The van der Waals surface area contributed by atoms with Crippen molar-refractivity contribution in [3.63, 3.8) is 0 Å². The first-order valence-electron chi connectivity index (χ1n) is 10.8. The molecule has 0 bridgehead atoms. The van der Waals surface area contributed by atoms with E-state index in [2.05, 4.69) is 15.6 Å². The second-order valence-corrected chi connectivity index (χ2v) is 9.27. The van der Waals surface area contributed by atoms with Crippen molar-refractivity contribution in [1.29, 1.82) is 0 Å². The molecule has 14 heteroatoms. The molecule has 0 aliphatic carbocycles. The molecule has 1 unspecified atom stereocenters. The van der Waals surface area contributed by atoms with E-state index < -0.39 is 40.9 Å². The van der Waals surface area contributed by atoms with Crippen LogP contribution in [0.4, 0.5) is 10.8 Å². The fourth-order valence-corrected chi connectivity index (χ4v) is 4.26. The molecule has 0 radical (unpaired) electrons. The van der Waals surface area contributed by atoms with Crippen molar-refractivity contribution in [2.45, 2.75) is 31.8 Å². The standard InChI is InChI=1S/C23H28N4O9S/c1-10-16(18(30)20(32)19(31)17(10)29)14(36-2)9-25-23(34,35)8-11-3-5-12(6-4-11)26-15(28)7-13-21(33)37-22(24)27-13/h3-6,14,25,29-35H,7-9H2,1-2H3,(H2,24,27)(H,26,28). The fourth-order valence-electron chi connectivity index (χ4n) is 3.68. The Kier molecular flexibility index (Phi) is 8.30. The number of nitrogens with one attached hydrogen (secondary N) is 2. The number of nitrogens with two attached hydrogens (primary N) is 1. The Labute approximate surface area is 215 Å². The smallest absolute Gasteiger partial charge is 0.230 e. The zero-order valence-corrected chi connectivity index (χ0v) is 20.7. The molecule has 37 heavy (non-hydrogen) atoms. The number of phenols is 4. The number of thiazole rings is 1. The van der Waals surface area contributed by atoms with E-state index in [-0.39, 0.29) is 46.4 Å². The summed E-state index contributed by atoms with van der Waals surface area (Å²) in [5.41, 5.74) is 6.59. The van der Waals surface area contributed by atoms with E-state index in [1.54, 1.807) is 24.3 Å². The molecule has 0 aliphatic heterocycles. The van der Waals surface area contributed by atoms with Crippen LogP contribution in [0.5, 0.6) is 28.1 Å². The van der Waals surface area contributed by atoms with Gasteiger partial charge in [-0.25, -0.2) is 4.98 Å². The van der Waals surface area contributed by atoms with Crippen molar-refractivity contribution < 1.29 is 45.3 Å². The minimum Gasteiger partial charge on any atom is -0.504 e. The van der Waals surface area contributed by atoms with Gasteiger partial charge < -0.3 is 51.5 Å². The summed E-state index contributed by atoms with van der Waals surface area (Å²) in [5, 5.41) is 75.5. The number of hydrogen-bond donors (Lipinski definition) is 10. The van der Waals surface area contributed by atoms with Gasteiger partial charge in [-0.05, 0) is 24.6 Å². The SMILES string of the molecule is COC(CNC(O)(O)Cc1ccc(NC(=O)Cc2nc(N)sc2O)cc1)c1c(C)c(O)c(O)c(O)c1O. The number of amides is 1. The maximum Gasteiger partial charge on any atom is 0.230 e. The van der Waals surface area contributed by atoms with Gasteiger partial charge in [0.05, 0.1) is 12.5 Å². The van der Waals surface area contributed by atoms with Gasteiger partial charge in [0, 0.05) is 36.9 Å². The van der Waals surface area contributed by atoms with E-state index in [4.69, 9.17) is 10.5 Å². The zero-order valence-electron chi connectivity index (χ0n) is 19.9. The van der Waals surface area contributed by atoms with Crippen molar-refractivity contribution >= 4 is 28.1 Å². The van der Waals surface area contributed by atoms with Crippen LogP contribution in [0.3, 0.4) is 0 Å². The Balaban J connectivity index is 1.61. The van der Waals surface area contributed by atoms with Gasteiger partial charge in [-0.15, -0.1) is 0 Å². The van der Waals surface area contributed by atoms with Crippen LogP contribution in [0.25, 0.3) is 0 Å². The summed E-state index contributed by atoms with van der Waals surface area (Å²) < 4.78 is 5.28. The molecule has 0 fully saturated rings. The zero-order chi connectivity index (χ0) is 27.5. The Hall–Kier alpha value is -3.82. The van der Waals surface area contributed by atoms with E-state index in [1.807, 2.05) is 0 Å². The maximum atomic E-state index is 12.2. The number of phenolic OH excluding ortho intramolecular Hbond substituents is 4. The molecule has 2 aromatic carbocycles. The lowest BCUT2D eigenvalue weighted by atomic mass is 9.99. The van der Waals surface area contributed by atoms with Gasteiger partial charge in [0.25, 0.3) is 0 Å². The third-order valence-corrected chi connectivity index (χ3v) is 6.30. The van der Waals surface area contributed by atoms with Gasteiger partial charge in [0.2, 0.25) is 23.3 Å². The molecule has 0 spiro atoms. The van der Waals surface area contributed by atoms with Gasteiger partial charge in [-0.3, -0.25) is 10.1 Å². The van der Waals surface area contributed by atoms with Crippen molar-refractivity contribution in [2.24, 2.45) is 0 Å². The number of aromatic hydroxyl groups is 5. The summed E-state index contributed by atoms with van der Waals surface area (Å²) in [4.78, 5) is 16.1. The van der Waals surface area contributed by atoms with Crippen LogP contribution < -0.4 is 16.4 Å². The van der Waals surface area contributed by atoms with Gasteiger partial charge >= 0.3 is 0 Å². The minimum absolute atomic E-state index is 0.0361. The van der Waals surface area contributed by atoms with E-state index in [0.717, 1.165) is 11.3 Å². The van der Waals surface area contributed by atoms with E-state index in [1.165, 1.54) is 14.0 Å². The van der Waals surface area contributed by atoms with Crippen molar-refractivity contribution in [3.05, 3.63) is 46.6 Å². The highest BCUT2D eigenvalue weighted by Crippen LogP contribution is 2.49. The number of methoxy groups -OCH3 is 1. The van der Waals surface area contributed by atoms with E-state index in [9.17, 15) is 40.5 Å². The summed E-state index contributed by atoms with van der Waals surface area (Å²) in [7, 11) is 1.28. The number of anilines is 2. The second kappa shape index (κ2) is 11.1. The van der Waals surface area contributed by atoms with Gasteiger partial charge in [0.1, 0.15) is 5.69 Å². The first-order valence-corrected chi connectivity index (χ1v) is 11.7. The molecule has 0 saturated carbocycles. The third kappa shape index (κ3) is 6.49. The molecular formula is C23H28N4O9S. The first-order chi connectivity index (χ1) is 17.3. The Morgan fingerprint density at radius 3 is 2.27 bits per heavy atom. The van der Waals surface area contributed by atoms with Crippen molar-refractivity contribution in [1.82, 2.24) is 10.3 Å². The number of benzene rings is 2. The molecule has 13 nitrogen and oxygen atoms in total. The monoisotopic (exact) mass is 536 g/mol. The predicted molar refractivity (Wildman–Crippen MR) is 133 cm³/mol. The van der Waals surface area contributed by atoms with Crippen LogP contribution in [0.15, 0.2) is 24.3 Å². The van der Waals surface area contributed by atoms with Gasteiger partial charge in [-0.1, -0.05) is 23.5 Å².